The van der Waals surface area contributed by atoms with Crippen molar-refractivity contribution in [2.75, 3.05) is 6.54 Å². The third kappa shape index (κ3) is 4.07. The van der Waals surface area contributed by atoms with Gasteiger partial charge in [0.15, 0.2) is 0 Å². The van der Waals surface area contributed by atoms with Crippen molar-refractivity contribution in [1.82, 2.24) is 8.61 Å². The highest BCUT2D eigenvalue weighted by Gasteiger charge is 2.55. The second kappa shape index (κ2) is 8.89. The maximum Gasteiger partial charge on any atom is 0.270 e. The number of carbonyl (C=O) groups excluding carboxylic acids is 1. The van der Waals surface area contributed by atoms with Gasteiger partial charge in [0.05, 0.1) is 28.3 Å². The van der Waals surface area contributed by atoms with Crippen LogP contribution in [-0.4, -0.2) is 43.9 Å². The summed E-state index contributed by atoms with van der Waals surface area (Å²) in [7, 11) is -8.02. The van der Waals surface area contributed by atoms with Crippen LogP contribution in [0.2, 0.25) is 0 Å². The third-order valence-electron chi connectivity index (χ3n) is 6.63. The minimum absolute atomic E-state index is 0.00643. The molecule has 0 saturated carbocycles. The Kier molecular flexibility index (Phi) is 6.03. The van der Waals surface area contributed by atoms with Gasteiger partial charge in [-0.05, 0) is 41.0 Å². The highest BCUT2D eigenvalue weighted by molar-refractivity contribution is 7.90. The Morgan fingerprint density at radius 2 is 1.57 bits per heavy atom. The Hall–Kier alpha value is -3.01. The molecule has 1 saturated heterocycles. The van der Waals surface area contributed by atoms with E-state index in [1.54, 1.807) is 42.5 Å². The fraction of sp³-hybridized carbons (Fsp3) is 0.269. The van der Waals surface area contributed by atoms with Crippen molar-refractivity contribution in [3.63, 3.8) is 0 Å². The predicted molar refractivity (Wildman–Crippen MR) is 134 cm³/mol. The molecule has 0 N–H and O–H groups in total. The molecule has 2 aliphatic heterocycles. The third-order valence-corrected chi connectivity index (χ3v) is 10.1. The van der Waals surface area contributed by atoms with Crippen molar-refractivity contribution in [2.45, 2.75) is 36.5 Å². The Balaban J connectivity index is 1.53. The molecule has 2 aliphatic rings. The number of fused-ring (bicyclic) bond motifs is 2. The molecule has 0 aromatic heterocycles. The number of hydrogen-bond donors (Lipinski definition) is 0. The highest BCUT2D eigenvalue weighted by atomic mass is 32.2. The molecule has 2 heterocycles. The van der Waals surface area contributed by atoms with Crippen molar-refractivity contribution in [2.24, 2.45) is 5.92 Å². The van der Waals surface area contributed by atoms with Gasteiger partial charge < -0.3 is 0 Å². The van der Waals surface area contributed by atoms with E-state index in [-0.39, 0.29) is 22.9 Å². The summed E-state index contributed by atoms with van der Waals surface area (Å²) in [5.41, 5.74) is 0.871. The largest absolute Gasteiger partial charge is 0.273 e. The maximum atomic E-state index is 13.7. The normalized spacial score (nSPS) is 20.9. The first-order valence-electron chi connectivity index (χ1n) is 11.6. The molecule has 35 heavy (non-hydrogen) atoms. The maximum absolute atomic E-state index is 13.7. The van der Waals surface area contributed by atoms with Gasteiger partial charge in [-0.3, -0.25) is 4.79 Å². The Labute approximate surface area is 205 Å². The molecule has 1 unspecified atom stereocenters. The summed E-state index contributed by atoms with van der Waals surface area (Å²) in [5.74, 6) is -1.54. The lowest BCUT2D eigenvalue weighted by Gasteiger charge is -2.26. The second-order valence-electron chi connectivity index (χ2n) is 8.90. The van der Waals surface area contributed by atoms with Crippen LogP contribution in [0, 0.1) is 5.92 Å². The van der Waals surface area contributed by atoms with E-state index in [2.05, 4.69) is 0 Å². The minimum atomic E-state index is -4.22. The number of rotatable bonds is 7. The van der Waals surface area contributed by atoms with E-state index in [1.807, 2.05) is 37.3 Å². The van der Waals surface area contributed by atoms with Gasteiger partial charge in [0.2, 0.25) is 15.9 Å². The predicted octanol–water partition coefficient (Wildman–Crippen LogP) is 3.89. The summed E-state index contributed by atoms with van der Waals surface area (Å²) in [4.78, 5) is 13.5. The zero-order valence-corrected chi connectivity index (χ0v) is 20.9. The van der Waals surface area contributed by atoms with Gasteiger partial charge in [-0.25, -0.2) is 21.1 Å². The quantitative estimate of drug-likeness (QED) is 0.481. The van der Waals surface area contributed by atoms with Crippen LogP contribution >= 0.6 is 0 Å². The van der Waals surface area contributed by atoms with Crippen LogP contribution in [0.25, 0.3) is 10.8 Å². The van der Waals surface area contributed by atoms with Crippen molar-refractivity contribution in [3.8, 4) is 0 Å². The number of amides is 1. The fourth-order valence-corrected chi connectivity index (χ4v) is 8.27. The van der Waals surface area contributed by atoms with Crippen LogP contribution < -0.4 is 0 Å². The van der Waals surface area contributed by atoms with Gasteiger partial charge in [-0.2, -0.15) is 4.31 Å². The lowest BCUT2D eigenvalue weighted by molar-refractivity contribution is -0.127. The molecule has 182 valence electrons. The molecule has 2 atom stereocenters. The average molecular weight is 511 g/mol. The molecule has 7 nitrogen and oxygen atoms in total. The van der Waals surface area contributed by atoms with E-state index in [4.69, 9.17) is 0 Å². The number of nitrogens with zero attached hydrogens (tertiary/aromatic N) is 2. The second-order valence-corrected chi connectivity index (χ2v) is 12.6. The molecule has 1 fully saturated rings. The molecule has 0 aliphatic carbocycles. The van der Waals surface area contributed by atoms with Crippen molar-refractivity contribution in [1.29, 1.82) is 0 Å². The van der Waals surface area contributed by atoms with Crippen LogP contribution in [0.3, 0.4) is 0 Å². The van der Waals surface area contributed by atoms with E-state index in [0.29, 0.717) is 18.4 Å². The summed E-state index contributed by atoms with van der Waals surface area (Å²) < 4.78 is 56.4. The summed E-state index contributed by atoms with van der Waals surface area (Å²) in [5, 5.41) is 1.63. The van der Waals surface area contributed by atoms with E-state index in [0.717, 1.165) is 15.1 Å². The molecule has 3 aromatic rings. The monoisotopic (exact) mass is 510 g/mol. The number of carbonyl (C=O) groups is 1. The zero-order chi connectivity index (χ0) is 24.8. The molecule has 1 amide bonds. The first-order valence-corrected chi connectivity index (χ1v) is 14.6. The molecular weight excluding hydrogens is 484 g/mol. The van der Waals surface area contributed by atoms with Gasteiger partial charge >= 0.3 is 0 Å². The summed E-state index contributed by atoms with van der Waals surface area (Å²) >= 11 is 0. The molecule has 9 heteroatoms. The summed E-state index contributed by atoms with van der Waals surface area (Å²) in [6, 6.07) is 20.2. The van der Waals surface area contributed by atoms with E-state index in [1.165, 1.54) is 10.4 Å². The molecule has 3 aromatic carbocycles. The van der Waals surface area contributed by atoms with E-state index < -0.39 is 37.9 Å². The molecule has 5 rings (SSSR count). The van der Waals surface area contributed by atoms with Crippen molar-refractivity contribution < 1.29 is 21.6 Å². The first kappa shape index (κ1) is 23.7. The van der Waals surface area contributed by atoms with Gasteiger partial charge in [0.1, 0.15) is 0 Å². The van der Waals surface area contributed by atoms with Crippen LogP contribution in [0.4, 0.5) is 0 Å². The van der Waals surface area contributed by atoms with Crippen LogP contribution in [0.5, 0.6) is 0 Å². The van der Waals surface area contributed by atoms with Gasteiger partial charge in [0.25, 0.3) is 10.0 Å². The van der Waals surface area contributed by atoms with Crippen LogP contribution in [0.15, 0.2) is 89.5 Å². The standard InChI is InChI=1S/C26H26N2O5S2/c1-2-8-23-25-24(15-16-27(25)34(30,31)18-19-9-4-3-5-10-19)28(26(23)29)35(32,33)22-14-13-20-11-6-7-12-21(20)17-22/h3-7,9-15,17,23,25H,2,8,16,18H2,1H3/t23?,25-/m1/s1. The lowest BCUT2D eigenvalue weighted by Crippen LogP contribution is -2.41. The Morgan fingerprint density at radius 1 is 0.886 bits per heavy atom. The van der Waals surface area contributed by atoms with E-state index in [9.17, 15) is 21.6 Å². The highest BCUT2D eigenvalue weighted by Crippen LogP contribution is 2.43. The zero-order valence-electron chi connectivity index (χ0n) is 19.2. The Bertz CT molecular complexity index is 1530. The van der Waals surface area contributed by atoms with Gasteiger partial charge in [-0.1, -0.05) is 74.0 Å². The number of benzene rings is 3. The first-order chi connectivity index (χ1) is 16.7. The summed E-state index contributed by atoms with van der Waals surface area (Å²) in [6.07, 6.45) is 2.58. The van der Waals surface area contributed by atoms with Crippen LogP contribution in [0.1, 0.15) is 25.3 Å². The average Bonchev–Trinajstić information content (AvgIpc) is 3.38. The van der Waals surface area contributed by atoms with E-state index >= 15 is 0 Å². The Morgan fingerprint density at radius 3 is 2.29 bits per heavy atom. The molecular formula is C26H26N2O5S2. The minimum Gasteiger partial charge on any atom is -0.273 e. The SMILES string of the molecule is CCCC1C(=O)N(S(=O)(=O)c2ccc3ccccc3c2)C2=CCN(S(=O)(=O)Cc3ccccc3)[C@@H]21. The van der Waals surface area contributed by atoms with Gasteiger partial charge in [0, 0.05) is 6.54 Å². The summed E-state index contributed by atoms with van der Waals surface area (Å²) in [6.45, 7) is 1.93. The molecule has 0 bridgehead atoms. The number of sulfonamides is 2. The topological polar surface area (TPSA) is 91.8 Å². The lowest BCUT2D eigenvalue weighted by atomic mass is 9.97. The molecule has 0 spiro atoms. The van der Waals surface area contributed by atoms with Crippen LogP contribution in [-0.2, 0) is 30.6 Å². The van der Waals surface area contributed by atoms with Crippen molar-refractivity contribution >= 4 is 36.7 Å². The van der Waals surface area contributed by atoms with Gasteiger partial charge in [-0.15, -0.1) is 0 Å². The smallest absolute Gasteiger partial charge is 0.270 e. The fourth-order valence-electron chi connectivity index (χ4n) is 5.03. The van der Waals surface area contributed by atoms with Crippen molar-refractivity contribution in [3.05, 3.63) is 90.1 Å². The number of hydrogen-bond acceptors (Lipinski definition) is 5. The molecule has 0 radical (unpaired) electrons.